The van der Waals surface area contributed by atoms with E-state index in [1.165, 1.54) is 36.8 Å². The van der Waals surface area contributed by atoms with Crippen LogP contribution in [-0.2, 0) is 11.5 Å². The Labute approximate surface area is 161 Å². The largest absolute Gasteiger partial charge is 0.466 e. The van der Waals surface area contributed by atoms with Crippen LogP contribution in [0.25, 0.3) is 0 Å². The van der Waals surface area contributed by atoms with Gasteiger partial charge in [-0.3, -0.25) is 4.79 Å². The number of allylic oxidation sites excluding steroid dienone is 2. The second-order valence-electron chi connectivity index (χ2n) is 10.1. The van der Waals surface area contributed by atoms with E-state index in [0.29, 0.717) is 29.3 Å². The van der Waals surface area contributed by atoms with Crippen LogP contribution in [0.3, 0.4) is 0 Å². The summed E-state index contributed by atoms with van der Waals surface area (Å²) in [4.78, 5) is 12.0. The quantitative estimate of drug-likeness (QED) is 0.567. The zero-order chi connectivity index (χ0) is 18.8. The van der Waals surface area contributed by atoms with Gasteiger partial charge in [0.1, 0.15) is 18.2 Å². The molecule has 1 aromatic heterocycles. The van der Waals surface area contributed by atoms with Crippen LogP contribution in [0.5, 0.6) is 0 Å². The molecule has 5 rings (SSSR count). The van der Waals surface area contributed by atoms with Gasteiger partial charge in [-0.25, -0.2) is 4.39 Å². The maximum Gasteiger partial charge on any atom is 0.147 e. The lowest BCUT2D eigenvalue weighted by Gasteiger charge is -2.57. The van der Waals surface area contributed by atoms with Crippen LogP contribution in [-0.4, -0.2) is 5.78 Å². The topological polar surface area (TPSA) is 30.2 Å². The Hall–Kier alpha value is -1.38. The van der Waals surface area contributed by atoms with Gasteiger partial charge in [-0.05, 0) is 84.7 Å². The second kappa shape index (κ2) is 6.06. The number of rotatable bonds is 2. The zero-order valence-electron chi connectivity index (χ0n) is 16.6. The van der Waals surface area contributed by atoms with Gasteiger partial charge in [0.15, 0.2) is 0 Å². The van der Waals surface area contributed by atoms with E-state index in [2.05, 4.69) is 19.9 Å². The summed E-state index contributed by atoms with van der Waals surface area (Å²) in [5.41, 5.74) is 3.20. The smallest absolute Gasteiger partial charge is 0.147 e. The van der Waals surface area contributed by atoms with Crippen molar-refractivity contribution in [3.05, 3.63) is 35.3 Å². The molecule has 0 aliphatic heterocycles. The van der Waals surface area contributed by atoms with E-state index in [0.717, 1.165) is 37.0 Å². The van der Waals surface area contributed by atoms with Crippen molar-refractivity contribution in [2.75, 3.05) is 0 Å². The van der Waals surface area contributed by atoms with Crippen LogP contribution in [0.2, 0.25) is 0 Å². The van der Waals surface area contributed by atoms with Gasteiger partial charge in [0, 0.05) is 12.8 Å². The first kappa shape index (κ1) is 17.7. The van der Waals surface area contributed by atoms with Crippen LogP contribution < -0.4 is 0 Å². The number of alkyl halides is 1. The average Bonchev–Trinajstić information content (AvgIpc) is 3.25. The first-order valence-electron chi connectivity index (χ1n) is 10.8. The summed E-state index contributed by atoms with van der Waals surface area (Å²) in [6, 6.07) is 1.96. The summed E-state index contributed by atoms with van der Waals surface area (Å²) in [5.74, 6) is 3.60. The molecule has 3 saturated carbocycles. The van der Waals surface area contributed by atoms with Gasteiger partial charge in [-0.1, -0.05) is 25.5 Å². The Morgan fingerprint density at radius 2 is 2.04 bits per heavy atom. The molecular weight excluding hydrogens is 339 g/mol. The van der Waals surface area contributed by atoms with Crippen LogP contribution in [0, 0.1) is 28.6 Å². The lowest BCUT2D eigenvalue weighted by Crippen LogP contribution is -2.49. The normalized spacial score (nSPS) is 43.7. The summed E-state index contributed by atoms with van der Waals surface area (Å²) >= 11 is 0. The summed E-state index contributed by atoms with van der Waals surface area (Å²) in [6.07, 6.45) is 12.9. The van der Waals surface area contributed by atoms with Crippen LogP contribution in [0.15, 0.2) is 28.4 Å². The number of hydrogen-bond acceptors (Lipinski definition) is 2. The molecule has 0 amide bonds. The lowest BCUT2D eigenvalue weighted by atomic mass is 9.47. The monoisotopic (exact) mass is 370 g/mol. The van der Waals surface area contributed by atoms with Crippen LogP contribution in [0.1, 0.15) is 82.5 Å². The molecule has 0 aromatic carbocycles. The first-order valence-corrected chi connectivity index (χ1v) is 10.8. The van der Waals surface area contributed by atoms with Crippen molar-refractivity contribution >= 4 is 5.78 Å². The number of halogens is 1. The van der Waals surface area contributed by atoms with Crippen molar-refractivity contribution in [2.45, 2.75) is 77.8 Å². The fraction of sp³-hybridized carbons (Fsp3) is 0.708. The maximum atomic E-state index is 13.0. The van der Waals surface area contributed by atoms with Crippen molar-refractivity contribution < 1.29 is 13.6 Å². The zero-order valence-corrected chi connectivity index (χ0v) is 16.6. The molecule has 6 atom stereocenters. The molecule has 3 fully saturated rings. The molecule has 2 nitrogen and oxygen atoms in total. The van der Waals surface area contributed by atoms with E-state index in [1.54, 1.807) is 0 Å². The number of ketones is 1. The number of hydrogen-bond donors (Lipinski definition) is 0. The number of carbonyl (C=O) groups is 1. The number of furan rings is 1. The van der Waals surface area contributed by atoms with Crippen molar-refractivity contribution in [1.29, 1.82) is 0 Å². The lowest BCUT2D eigenvalue weighted by molar-refractivity contribution is -0.122. The third-order valence-electron chi connectivity index (χ3n) is 9.14. The first-order chi connectivity index (χ1) is 13.0. The molecule has 27 heavy (non-hydrogen) atoms. The van der Waals surface area contributed by atoms with Crippen LogP contribution in [0.4, 0.5) is 4.39 Å². The standard InChI is InChI=1S/C24H31FO2/c1-23-9-7-17(26)12-16(23)3-4-19-21-6-5-20(15-11-18(13-25)27-14-15)24(21,2)10-8-22(19)23/h3,11,14,19-22H,4-10,12-13H2,1-2H3/t19-,20+,21-,22-,23-,24+/m0/s1. The van der Waals surface area contributed by atoms with Gasteiger partial charge in [0.25, 0.3) is 0 Å². The highest BCUT2D eigenvalue weighted by molar-refractivity contribution is 5.82. The second-order valence-corrected chi connectivity index (χ2v) is 10.1. The van der Waals surface area contributed by atoms with E-state index in [4.69, 9.17) is 4.42 Å². The maximum absolute atomic E-state index is 13.0. The molecule has 0 radical (unpaired) electrons. The summed E-state index contributed by atoms with van der Waals surface area (Å²) in [7, 11) is 0. The minimum absolute atomic E-state index is 0.243. The third kappa shape index (κ3) is 2.46. The highest BCUT2D eigenvalue weighted by Crippen LogP contribution is 2.67. The van der Waals surface area contributed by atoms with Crippen molar-refractivity contribution in [3.63, 3.8) is 0 Å². The fourth-order valence-corrected chi connectivity index (χ4v) is 7.67. The van der Waals surface area contributed by atoms with Crippen molar-refractivity contribution in [3.8, 4) is 0 Å². The Bertz CT molecular complexity index is 792. The highest BCUT2D eigenvalue weighted by Gasteiger charge is 2.58. The molecule has 1 heterocycles. The Kier molecular flexibility index (Phi) is 3.97. The molecule has 146 valence electrons. The molecule has 0 N–H and O–H groups in total. The third-order valence-corrected chi connectivity index (χ3v) is 9.14. The SMILES string of the molecule is C[C@]12CC[C@H]3[C@@H](CC=C4CC(=O)CC[C@@]43C)[C@@H]1CC[C@@H]2c1coc(CF)c1. The van der Waals surface area contributed by atoms with E-state index in [1.807, 2.05) is 12.3 Å². The fourth-order valence-electron chi connectivity index (χ4n) is 7.67. The minimum Gasteiger partial charge on any atom is -0.466 e. The molecule has 0 spiro atoms. The average molecular weight is 371 g/mol. The van der Waals surface area contributed by atoms with Gasteiger partial charge in [-0.15, -0.1) is 0 Å². The van der Waals surface area contributed by atoms with Crippen LogP contribution >= 0.6 is 0 Å². The van der Waals surface area contributed by atoms with E-state index < -0.39 is 6.67 Å². The predicted octanol–water partition coefficient (Wildman–Crippen LogP) is 6.36. The predicted molar refractivity (Wildman–Crippen MR) is 103 cm³/mol. The molecule has 0 unspecified atom stereocenters. The minimum atomic E-state index is -0.512. The van der Waals surface area contributed by atoms with Crippen molar-refractivity contribution in [1.82, 2.24) is 0 Å². The molecule has 3 heteroatoms. The molecular formula is C24H31FO2. The number of Topliss-reactive ketones (excluding diaryl/α,β-unsaturated/α-hetero) is 1. The molecule has 4 aliphatic rings. The summed E-state index contributed by atoms with van der Waals surface area (Å²) < 4.78 is 18.4. The number of fused-ring (bicyclic) bond motifs is 5. The number of carbonyl (C=O) groups excluding carboxylic acids is 1. The van der Waals surface area contributed by atoms with Gasteiger partial charge < -0.3 is 4.42 Å². The Balaban J connectivity index is 1.45. The van der Waals surface area contributed by atoms with Crippen molar-refractivity contribution in [2.24, 2.45) is 28.6 Å². The molecule has 1 aromatic rings. The highest BCUT2D eigenvalue weighted by atomic mass is 19.1. The van der Waals surface area contributed by atoms with E-state index >= 15 is 0 Å². The molecule has 0 bridgehead atoms. The molecule has 0 saturated heterocycles. The van der Waals surface area contributed by atoms with Gasteiger partial charge in [0.05, 0.1) is 6.26 Å². The Morgan fingerprint density at radius 1 is 1.19 bits per heavy atom. The van der Waals surface area contributed by atoms with Gasteiger partial charge in [-0.2, -0.15) is 0 Å². The van der Waals surface area contributed by atoms with E-state index in [9.17, 15) is 9.18 Å². The van der Waals surface area contributed by atoms with E-state index in [-0.39, 0.29) is 5.41 Å². The summed E-state index contributed by atoms with van der Waals surface area (Å²) in [5, 5.41) is 0. The Morgan fingerprint density at radius 3 is 2.81 bits per heavy atom. The molecule has 4 aliphatic carbocycles. The van der Waals surface area contributed by atoms with Gasteiger partial charge >= 0.3 is 0 Å². The van der Waals surface area contributed by atoms with Gasteiger partial charge in [0.2, 0.25) is 0 Å². The summed E-state index contributed by atoms with van der Waals surface area (Å²) in [6.45, 7) is 4.42.